The summed E-state index contributed by atoms with van der Waals surface area (Å²) in [6, 6.07) is 2.57. The average Bonchev–Trinajstić information content (AvgIpc) is 3.19. The first-order valence-corrected chi connectivity index (χ1v) is 10.6. The van der Waals surface area contributed by atoms with E-state index in [-0.39, 0.29) is 6.04 Å². The summed E-state index contributed by atoms with van der Waals surface area (Å²) in [4.78, 5) is 9.48. The van der Waals surface area contributed by atoms with Crippen molar-refractivity contribution in [2.24, 2.45) is 17.4 Å². The normalized spacial score (nSPS) is 30.6. The van der Waals surface area contributed by atoms with E-state index in [4.69, 9.17) is 26.3 Å². The van der Waals surface area contributed by atoms with Crippen molar-refractivity contribution >= 4 is 0 Å². The van der Waals surface area contributed by atoms with E-state index in [1.54, 1.807) is 0 Å². The molecule has 3 aliphatic rings. The zero-order chi connectivity index (χ0) is 19.1. The van der Waals surface area contributed by atoms with Crippen molar-refractivity contribution in [2.75, 3.05) is 13.2 Å². The van der Waals surface area contributed by atoms with Crippen LogP contribution >= 0.6 is 0 Å². The Hall–Kier alpha value is -1.83. The SMILES string of the molecule is NC1CCC(N)(c2nccc(-c3cnn([C@@H]4CCOC4)c3CC3CC3)n2)CC1. The van der Waals surface area contributed by atoms with Crippen LogP contribution in [-0.2, 0) is 16.7 Å². The highest BCUT2D eigenvalue weighted by Crippen LogP contribution is 2.38. The zero-order valence-corrected chi connectivity index (χ0v) is 16.4. The first kappa shape index (κ1) is 18.2. The van der Waals surface area contributed by atoms with Gasteiger partial charge in [-0.25, -0.2) is 9.97 Å². The van der Waals surface area contributed by atoms with Gasteiger partial charge in [-0.2, -0.15) is 5.10 Å². The average molecular weight is 383 g/mol. The molecule has 28 heavy (non-hydrogen) atoms. The standard InChI is InChI=1S/C21H30N6O/c22-15-3-7-21(23,8-4-15)20-24-9-5-18(26-20)17-12-25-27(16-6-10-28-13-16)19(17)11-14-1-2-14/h5,9,12,14-16H,1-4,6-8,10-11,13,22-23H2/t15?,16-,21?/m1/s1. The summed E-state index contributed by atoms with van der Waals surface area (Å²) in [5.41, 5.74) is 15.7. The maximum Gasteiger partial charge on any atom is 0.148 e. The summed E-state index contributed by atoms with van der Waals surface area (Å²) in [6.07, 6.45) is 12.1. The van der Waals surface area contributed by atoms with Gasteiger partial charge in [0.25, 0.3) is 0 Å². The predicted molar refractivity (Wildman–Crippen MR) is 106 cm³/mol. The molecule has 0 bridgehead atoms. The summed E-state index contributed by atoms with van der Waals surface area (Å²) in [5, 5.41) is 4.75. The topological polar surface area (TPSA) is 105 Å². The van der Waals surface area contributed by atoms with Crippen LogP contribution in [0.5, 0.6) is 0 Å². The molecule has 0 aromatic carbocycles. The number of hydrogen-bond acceptors (Lipinski definition) is 6. The summed E-state index contributed by atoms with van der Waals surface area (Å²) >= 11 is 0. The van der Waals surface area contributed by atoms with Crippen molar-refractivity contribution in [3.63, 3.8) is 0 Å². The minimum absolute atomic E-state index is 0.247. The Morgan fingerprint density at radius 2 is 2.00 bits per heavy atom. The molecule has 1 atom stereocenters. The fourth-order valence-corrected chi connectivity index (χ4v) is 4.56. The Morgan fingerprint density at radius 3 is 2.71 bits per heavy atom. The van der Waals surface area contributed by atoms with Gasteiger partial charge in [-0.15, -0.1) is 0 Å². The van der Waals surface area contributed by atoms with Crippen molar-refractivity contribution in [1.82, 2.24) is 19.7 Å². The molecule has 2 saturated carbocycles. The molecular formula is C21H30N6O. The molecule has 0 unspecified atom stereocenters. The van der Waals surface area contributed by atoms with E-state index in [0.29, 0.717) is 6.04 Å². The highest BCUT2D eigenvalue weighted by molar-refractivity contribution is 5.61. The first-order chi connectivity index (χ1) is 13.6. The molecule has 2 aromatic heterocycles. The predicted octanol–water partition coefficient (Wildman–Crippen LogP) is 2.31. The van der Waals surface area contributed by atoms with Crippen LogP contribution in [0.4, 0.5) is 0 Å². The molecule has 0 spiro atoms. The smallest absolute Gasteiger partial charge is 0.148 e. The molecule has 7 nitrogen and oxygen atoms in total. The van der Waals surface area contributed by atoms with E-state index >= 15 is 0 Å². The summed E-state index contributed by atoms with van der Waals surface area (Å²) < 4.78 is 7.80. The molecule has 7 heteroatoms. The number of hydrogen-bond donors (Lipinski definition) is 2. The van der Waals surface area contributed by atoms with E-state index in [0.717, 1.165) is 74.7 Å². The van der Waals surface area contributed by atoms with E-state index in [2.05, 4.69) is 9.67 Å². The zero-order valence-electron chi connectivity index (χ0n) is 16.4. The molecule has 3 heterocycles. The Kier molecular flexibility index (Phi) is 4.69. The van der Waals surface area contributed by atoms with E-state index in [9.17, 15) is 0 Å². The van der Waals surface area contributed by atoms with Gasteiger partial charge < -0.3 is 16.2 Å². The number of rotatable bonds is 5. The molecule has 2 aromatic rings. The second-order valence-corrected chi connectivity index (χ2v) is 8.87. The van der Waals surface area contributed by atoms with Crippen LogP contribution in [0.15, 0.2) is 18.5 Å². The first-order valence-electron chi connectivity index (χ1n) is 10.6. The molecule has 1 aliphatic heterocycles. The monoisotopic (exact) mass is 382 g/mol. The number of nitrogens with zero attached hydrogens (tertiary/aromatic N) is 4. The Morgan fingerprint density at radius 1 is 1.18 bits per heavy atom. The quantitative estimate of drug-likeness (QED) is 0.822. The van der Waals surface area contributed by atoms with Crippen molar-refractivity contribution in [1.29, 1.82) is 0 Å². The summed E-state index contributed by atoms with van der Waals surface area (Å²) in [7, 11) is 0. The molecule has 4 N–H and O–H groups in total. The van der Waals surface area contributed by atoms with Gasteiger partial charge in [0.05, 0.1) is 30.1 Å². The van der Waals surface area contributed by atoms with Gasteiger partial charge in [0.1, 0.15) is 5.82 Å². The van der Waals surface area contributed by atoms with Crippen LogP contribution in [0.25, 0.3) is 11.3 Å². The van der Waals surface area contributed by atoms with E-state index in [1.165, 1.54) is 18.5 Å². The van der Waals surface area contributed by atoms with Crippen molar-refractivity contribution in [2.45, 2.75) is 69.0 Å². The second kappa shape index (κ2) is 7.21. The molecular weight excluding hydrogens is 352 g/mol. The van der Waals surface area contributed by atoms with Gasteiger partial charge in [-0.05, 0) is 63.4 Å². The van der Waals surface area contributed by atoms with Gasteiger partial charge >= 0.3 is 0 Å². The molecule has 5 rings (SSSR count). The molecule has 150 valence electrons. The fraction of sp³-hybridized carbons (Fsp3) is 0.667. The summed E-state index contributed by atoms with van der Waals surface area (Å²) in [5.74, 6) is 1.52. The molecule has 1 saturated heterocycles. The highest BCUT2D eigenvalue weighted by atomic mass is 16.5. The molecule has 2 aliphatic carbocycles. The Bertz CT molecular complexity index is 831. The third-order valence-electron chi connectivity index (χ3n) is 6.63. The lowest BCUT2D eigenvalue weighted by Gasteiger charge is -2.34. The molecule has 0 radical (unpaired) electrons. The van der Waals surface area contributed by atoms with Crippen LogP contribution in [-0.4, -0.2) is 39.0 Å². The number of nitrogens with two attached hydrogens (primary N) is 2. The lowest BCUT2D eigenvalue weighted by molar-refractivity contribution is 0.184. The van der Waals surface area contributed by atoms with Crippen molar-refractivity contribution in [3.05, 3.63) is 30.0 Å². The lowest BCUT2D eigenvalue weighted by atomic mass is 9.80. The maximum absolute atomic E-state index is 6.71. The van der Waals surface area contributed by atoms with Crippen LogP contribution in [0, 0.1) is 5.92 Å². The Labute approximate surface area is 165 Å². The number of ether oxygens (including phenoxy) is 1. The minimum atomic E-state index is -0.474. The third-order valence-corrected chi connectivity index (χ3v) is 6.63. The highest BCUT2D eigenvalue weighted by Gasteiger charge is 2.35. The number of aromatic nitrogens is 4. The lowest BCUT2D eigenvalue weighted by Crippen LogP contribution is -2.44. The van der Waals surface area contributed by atoms with E-state index in [1.807, 2.05) is 18.5 Å². The maximum atomic E-state index is 6.71. The third kappa shape index (κ3) is 3.47. The van der Waals surface area contributed by atoms with Crippen LogP contribution < -0.4 is 11.5 Å². The van der Waals surface area contributed by atoms with Gasteiger partial charge in [-0.1, -0.05) is 0 Å². The van der Waals surface area contributed by atoms with Crippen LogP contribution in [0.3, 0.4) is 0 Å². The van der Waals surface area contributed by atoms with Crippen LogP contribution in [0.1, 0.15) is 62.5 Å². The largest absolute Gasteiger partial charge is 0.379 e. The minimum Gasteiger partial charge on any atom is -0.379 e. The van der Waals surface area contributed by atoms with Gasteiger partial charge in [0.2, 0.25) is 0 Å². The molecule has 0 amide bonds. The van der Waals surface area contributed by atoms with Gasteiger partial charge in [0, 0.05) is 30.1 Å². The van der Waals surface area contributed by atoms with Gasteiger partial charge in [-0.3, -0.25) is 4.68 Å². The van der Waals surface area contributed by atoms with Crippen molar-refractivity contribution < 1.29 is 4.74 Å². The summed E-state index contributed by atoms with van der Waals surface area (Å²) in [6.45, 7) is 1.57. The Balaban J connectivity index is 1.49. The second-order valence-electron chi connectivity index (χ2n) is 8.87. The van der Waals surface area contributed by atoms with Crippen molar-refractivity contribution in [3.8, 4) is 11.3 Å². The van der Waals surface area contributed by atoms with Crippen LogP contribution in [0.2, 0.25) is 0 Å². The van der Waals surface area contributed by atoms with Gasteiger partial charge in [0.15, 0.2) is 0 Å². The fourth-order valence-electron chi connectivity index (χ4n) is 4.56. The molecule has 3 fully saturated rings. The van der Waals surface area contributed by atoms with E-state index < -0.39 is 5.54 Å².